The van der Waals surface area contributed by atoms with Gasteiger partial charge in [0.2, 0.25) is 5.69 Å². The minimum absolute atomic E-state index is 0.158. The van der Waals surface area contributed by atoms with Crippen molar-refractivity contribution in [2.45, 2.75) is 58.8 Å². The van der Waals surface area contributed by atoms with E-state index >= 15 is 0 Å². The molecule has 2 aromatic carbocycles. The van der Waals surface area contributed by atoms with Crippen molar-refractivity contribution in [3.8, 4) is 5.75 Å². The van der Waals surface area contributed by atoms with E-state index < -0.39 is 0 Å². The Balaban J connectivity index is 2.55. The first-order valence-corrected chi connectivity index (χ1v) is 8.86. The van der Waals surface area contributed by atoms with Crippen LogP contribution in [0, 0.1) is 4.91 Å². The van der Waals surface area contributed by atoms with Crippen LogP contribution in [0.3, 0.4) is 0 Å². The Kier molecular flexibility index (Phi) is 5.24. The van der Waals surface area contributed by atoms with E-state index in [0.29, 0.717) is 22.0 Å². The van der Waals surface area contributed by atoms with E-state index in [0.717, 1.165) is 22.3 Å². The molecule has 0 aliphatic rings. The van der Waals surface area contributed by atoms with E-state index in [9.17, 15) is 10.0 Å². The summed E-state index contributed by atoms with van der Waals surface area (Å²) in [7, 11) is 0. The number of hydrogen-bond donors (Lipinski definition) is 1. The summed E-state index contributed by atoms with van der Waals surface area (Å²) in [6, 6.07) is 11.5. The Morgan fingerprint density at radius 3 is 1.88 bits per heavy atom. The molecule has 0 aliphatic carbocycles. The third kappa shape index (κ3) is 4.57. The second-order valence-electron chi connectivity index (χ2n) is 8.64. The highest BCUT2D eigenvalue weighted by atomic mass is 32.1. The Bertz CT molecular complexity index is 763. The third-order valence-electron chi connectivity index (χ3n) is 4.32. The van der Waals surface area contributed by atoms with Crippen LogP contribution in [0.25, 0.3) is 0 Å². The van der Waals surface area contributed by atoms with E-state index in [-0.39, 0.29) is 10.8 Å². The zero-order valence-electron chi connectivity index (χ0n) is 15.9. The van der Waals surface area contributed by atoms with Crippen molar-refractivity contribution in [2.24, 2.45) is 0 Å². The quantitative estimate of drug-likeness (QED) is 0.586. The number of nitroso groups, excluding NO2 is 1. The summed E-state index contributed by atoms with van der Waals surface area (Å²) in [5.41, 5.74) is 4.18. The summed E-state index contributed by atoms with van der Waals surface area (Å²) in [5.74, 6) is 0.383. The van der Waals surface area contributed by atoms with Crippen LogP contribution in [0.4, 0.5) is 5.69 Å². The lowest BCUT2D eigenvalue weighted by molar-refractivity contribution is -0.262. The fourth-order valence-corrected chi connectivity index (χ4v) is 3.07. The molecule has 0 saturated heterocycles. The molecule has 0 aromatic heterocycles. The lowest BCUT2D eigenvalue weighted by Crippen LogP contribution is -2.18. The zero-order chi connectivity index (χ0) is 19.0. The monoisotopic (exact) mass is 357 g/mol. The molecule has 0 heterocycles. The topological polar surface area (TPSA) is 40.3 Å². The van der Waals surface area contributed by atoms with Gasteiger partial charge in [0, 0.05) is 17.0 Å². The SMILES string of the molecule is CC(C)(C)c1cc(Cc2cccc([N+](=O)[S-])c2)cc(C(C)(C)C)c1O. The molecule has 0 saturated carbocycles. The number of nitrogens with zero attached hydrogens (tertiary/aromatic N) is 1. The van der Waals surface area contributed by atoms with Crippen molar-refractivity contribution in [1.29, 1.82) is 0 Å². The van der Waals surface area contributed by atoms with Gasteiger partial charge in [-0.1, -0.05) is 70.0 Å². The van der Waals surface area contributed by atoms with Crippen LogP contribution in [0.15, 0.2) is 36.4 Å². The average molecular weight is 358 g/mol. The standard InChI is InChI=1S/C21H27NO2S/c1-20(2,3)17-12-15(13-18(19(17)23)21(4,5)6)10-14-8-7-9-16(11-14)22(24)25/h7-9,11-13,23H,10H2,1-6H3. The minimum atomic E-state index is -0.158. The van der Waals surface area contributed by atoms with Crippen LogP contribution >= 0.6 is 0 Å². The normalized spacial score (nSPS) is 12.2. The molecule has 3 nitrogen and oxygen atoms in total. The molecule has 4 heteroatoms. The van der Waals surface area contributed by atoms with Gasteiger partial charge in [-0.05, 0) is 39.5 Å². The van der Waals surface area contributed by atoms with Crippen molar-refractivity contribution in [2.75, 3.05) is 0 Å². The molecular weight excluding hydrogens is 330 g/mol. The molecule has 0 fully saturated rings. The number of aromatic hydroxyl groups is 1. The Labute approximate surface area is 156 Å². The van der Waals surface area contributed by atoms with Crippen molar-refractivity contribution >= 4 is 18.5 Å². The summed E-state index contributed by atoms with van der Waals surface area (Å²) in [4.78, 5) is 11.4. The number of benzene rings is 2. The number of rotatable bonds is 3. The van der Waals surface area contributed by atoms with Gasteiger partial charge in [0.15, 0.2) is 0 Å². The summed E-state index contributed by atoms with van der Waals surface area (Å²) < 4.78 is 0.460. The number of hydrogen-bond acceptors (Lipinski definition) is 3. The Morgan fingerprint density at radius 2 is 1.44 bits per heavy atom. The van der Waals surface area contributed by atoms with Gasteiger partial charge >= 0.3 is 0 Å². The smallest absolute Gasteiger partial charge is 0.238 e. The summed E-state index contributed by atoms with van der Waals surface area (Å²) in [5, 5.41) is 10.8. The molecule has 0 spiro atoms. The maximum absolute atomic E-state index is 11.4. The number of phenolic OH excluding ortho intramolecular Hbond substituents is 1. The summed E-state index contributed by atoms with van der Waals surface area (Å²) in [6.45, 7) is 12.6. The minimum Gasteiger partial charge on any atom is -0.507 e. The summed E-state index contributed by atoms with van der Waals surface area (Å²) >= 11 is 4.67. The highest BCUT2D eigenvalue weighted by molar-refractivity contribution is 7.51. The highest BCUT2D eigenvalue weighted by Gasteiger charge is 2.26. The average Bonchev–Trinajstić information content (AvgIpc) is 2.46. The second kappa shape index (κ2) is 6.75. The van der Waals surface area contributed by atoms with Gasteiger partial charge in [-0.15, -0.1) is 0 Å². The largest absolute Gasteiger partial charge is 0.507 e. The van der Waals surface area contributed by atoms with Gasteiger partial charge in [-0.2, -0.15) is 0 Å². The van der Waals surface area contributed by atoms with Crippen LogP contribution < -0.4 is 0 Å². The molecule has 2 aromatic rings. The second-order valence-corrected chi connectivity index (χ2v) is 8.97. The highest BCUT2D eigenvalue weighted by Crippen LogP contribution is 2.40. The van der Waals surface area contributed by atoms with E-state index in [1.54, 1.807) is 6.07 Å². The molecule has 2 rings (SSSR count). The number of phenols is 1. The van der Waals surface area contributed by atoms with Gasteiger partial charge in [0.05, 0.1) is 0 Å². The molecule has 0 atom stereocenters. The van der Waals surface area contributed by atoms with E-state index in [2.05, 4.69) is 66.5 Å². The van der Waals surface area contributed by atoms with E-state index in [4.69, 9.17) is 0 Å². The molecule has 25 heavy (non-hydrogen) atoms. The van der Waals surface area contributed by atoms with Gasteiger partial charge in [0.1, 0.15) is 5.75 Å². The maximum Gasteiger partial charge on any atom is 0.238 e. The van der Waals surface area contributed by atoms with Crippen LogP contribution in [0.2, 0.25) is 0 Å². The maximum atomic E-state index is 11.4. The van der Waals surface area contributed by atoms with E-state index in [1.807, 2.05) is 18.2 Å². The Hall–Kier alpha value is -1.94. The van der Waals surface area contributed by atoms with Crippen LogP contribution in [-0.4, -0.2) is 9.27 Å². The first kappa shape index (κ1) is 19.4. The lowest BCUT2D eigenvalue weighted by Gasteiger charge is -2.28. The van der Waals surface area contributed by atoms with Crippen LogP contribution in [-0.2, 0) is 30.1 Å². The molecule has 134 valence electrons. The van der Waals surface area contributed by atoms with Crippen molar-refractivity contribution in [1.82, 2.24) is 0 Å². The van der Waals surface area contributed by atoms with Crippen molar-refractivity contribution in [3.63, 3.8) is 0 Å². The fourth-order valence-electron chi connectivity index (χ4n) is 2.96. The first-order chi connectivity index (χ1) is 11.4. The molecule has 1 N–H and O–H groups in total. The Morgan fingerprint density at radius 1 is 0.920 bits per heavy atom. The van der Waals surface area contributed by atoms with Gasteiger partial charge in [-0.3, -0.25) is 0 Å². The van der Waals surface area contributed by atoms with Gasteiger partial charge < -0.3 is 17.9 Å². The van der Waals surface area contributed by atoms with Crippen molar-refractivity contribution in [3.05, 3.63) is 63.6 Å². The predicted molar refractivity (Wildman–Crippen MR) is 105 cm³/mol. The zero-order valence-corrected chi connectivity index (χ0v) is 16.7. The van der Waals surface area contributed by atoms with Crippen LogP contribution in [0.5, 0.6) is 5.75 Å². The van der Waals surface area contributed by atoms with Crippen LogP contribution in [0.1, 0.15) is 63.8 Å². The molecule has 0 amide bonds. The van der Waals surface area contributed by atoms with Gasteiger partial charge in [0.25, 0.3) is 0 Å². The van der Waals surface area contributed by atoms with E-state index in [1.165, 1.54) is 0 Å². The predicted octanol–water partition coefficient (Wildman–Crippen LogP) is 5.45. The molecule has 0 radical (unpaired) electrons. The first-order valence-electron chi connectivity index (χ1n) is 8.50. The van der Waals surface area contributed by atoms with Gasteiger partial charge in [-0.25, -0.2) is 0 Å². The summed E-state index contributed by atoms with van der Waals surface area (Å²) in [6.07, 6.45) is 0.684. The lowest BCUT2D eigenvalue weighted by atomic mass is 9.78. The molecule has 0 unspecified atom stereocenters. The third-order valence-corrected chi connectivity index (χ3v) is 4.53. The fraction of sp³-hybridized carbons (Fsp3) is 0.429. The van der Waals surface area contributed by atoms with Crippen molar-refractivity contribution < 1.29 is 9.27 Å². The molecular formula is C21H27NO2S. The molecule has 0 aliphatic heterocycles. The molecule has 0 bridgehead atoms.